The number of allylic oxidation sites excluding steroid dienone is 1. The van der Waals surface area contributed by atoms with Crippen LogP contribution in [0.5, 0.6) is 5.88 Å². The summed E-state index contributed by atoms with van der Waals surface area (Å²) in [4.78, 5) is 27.1. The van der Waals surface area contributed by atoms with Crippen molar-refractivity contribution in [2.45, 2.75) is 12.8 Å². The number of imidazole rings is 1. The van der Waals surface area contributed by atoms with Crippen LogP contribution in [0.4, 0.5) is 0 Å². The minimum Gasteiger partial charge on any atom is -0.479 e. The molecule has 0 aliphatic carbocycles. The van der Waals surface area contributed by atoms with Crippen LogP contribution in [0, 0.1) is 5.92 Å². The number of ketones is 1. The van der Waals surface area contributed by atoms with E-state index in [2.05, 4.69) is 19.9 Å². The fourth-order valence-corrected chi connectivity index (χ4v) is 3.10. The number of aromatic nitrogens is 4. The number of Topliss-reactive ketones (excluding diaryl/α,β-unsaturated/α-hetero) is 1. The lowest BCUT2D eigenvalue weighted by atomic mass is 9.85. The van der Waals surface area contributed by atoms with E-state index in [0.717, 1.165) is 31.6 Å². The molecule has 3 saturated heterocycles. The monoisotopic (exact) mass is 285 g/mol. The second-order valence-electron chi connectivity index (χ2n) is 5.35. The van der Waals surface area contributed by atoms with Crippen LogP contribution in [0.2, 0.25) is 0 Å². The smallest absolute Gasteiger partial charge is 0.245 e. The van der Waals surface area contributed by atoms with Crippen molar-refractivity contribution in [2.75, 3.05) is 20.2 Å². The zero-order valence-electron chi connectivity index (χ0n) is 11.7. The third-order valence-corrected chi connectivity index (χ3v) is 4.24. The van der Waals surface area contributed by atoms with Gasteiger partial charge in [0.1, 0.15) is 12.7 Å². The highest BCUT2D eigenvalue weighted by atomic mass is 16.5. The third kappa shape index (κ3) is 1.80. The summed E-state index contributed by atoms with van der Waals surface area (Å²) in [6, 6.07) is 0. The van der Waals surface area contributed by atoms with E-state index >= 15 is 0 Å². The van der Waals surface area contributed by atoms with Gasteiger partial charge in [-0.2, -0.15) is 4.98 Å². The van der Waals surface area contributed by atoms with Gasteiger partial charge in [0.2, 0.25) is 5.88 Å². The predicted molar refractivity (Wildman–Crippen MR) is 75.5 cm³/mol. The van der Waals surface area contributed by atoms with Gasteiger partial charge in [0.15, 0.2) is 16.9 Å². The van der Waals surface area contributed by atoms with E-state index in [4.69, 9.17) is 4.74 Å². The van der Waals surface area contributed by atoms with Gasteiger partial charge in [0, 0.05) is 25.2 Å². The van der Waals surface area contributed by atoms with E-state index in [-0.39, 0.29) is 11.7 Å². The summed E-state index contributed by atoms with van der Waals surface area (Å²) in [6.45, 7) is 1.90. The highest BCUT2D eigenvalue weighted by molar-refractivity contribution is 6.01. The molecule has 7 heteroatoms. The summed E-state index contributed by atoms with van der Waals surface area (Å²) < 4.78 is 6.95. The van der Waals surface area contributed by atoms with Gasteiger partial charge in [-0.05, 0) is 12.8 Å². The molecular formula is C14H15N5O2. The van der Waals surface area contributed by atoms with Crippen molar-refractivity contribution in [1.29, 1.82) is 0 Å². The van der Waals surface area contributed by atoms with Crippen LogP contribution in [0.1, 0.15) is 12.8 Å². The van der Waals surface area contributed by atoms with Crippen molar-refractivity contribution in [3.8, 4) is 5.88 Å². The van der Waals surface area contributed by atoms with Crippen LogP contribution in [-0.4, -0.2) is 50.4 Å². The molecule has 108 valence electrons. The zero-order chi connectivity index (χ0) is 14.4. The first kappa shape index (κ1) is 12.3. The van der Waals surface area contributed by atoms with Crippen LogP contribution in [0.15, 0.2) is 18.4 Å². The quantitative estimate of drug-likeness (QED) is 0.764. The molecule has 0 spiro atoms. The maximum Gasteiger partial charge on any atom is 0.245 e. The molecule has 0 unspecified atom stereocenters. The van der Waals surface area contributed by atoms with E-state index in [1.54, 1.807) is 18.0 Å². The van der Waals surface area contributed by atoms with Gasteiger partial charge in [0.25, 0.3) is 0 Å². The Bertz CT molecular complexity index is 743. The number of carbonyl (C=O) groups excluding carboxylic acids is 1. The molecule has 0 radical (unpaired) electrons. The first-order valence-electron chi connectivity index (χ1n) is 7.00. The van der Waals surface area contributed by atoms with Crippen molar-refractivity contribution >= 4 is 23.1 Å². The lowest BCUT2D eigenvalue weighted by Crippen LogP contribution is -2.46. The van der Waals surface area contributed by atoms with Crippen LogP contribution < -0.4 is 4.74 Å². The van der Waals surface area contributed by atoms with Crippen molar-refractivity contribution in [1.82, 2.24) is 24.4 Å². The Hall–Kier alpha value is -2.44. The van der Waals surface area contributed by atoms with Gasteiger partial charge < -0.3 is 9.64 Å². The van der Waals surface area contributed by atoms with Gasteiger partial charge in [-0.3, -0.25) is 9.36 Å². The molecular weight excluding hydrogens is 270 g/mol. The number of hydrogen-bond acceptors (Lipinski definition) is 6. The molecule has 2 aromatic rings. The normalized spacial score (nSPS) is 20.7. The molecule has 0 N–H and O–H groups in total. The lowest BCUT2D eigenvalue weighted by Gasteiger charge is -2.40. The fourth-order valence-electron chi connectivity index (χ4n) is 3.10. The van der Waals surface area contributed by atoms with Crippen LogP contribution in [0.25, 0.3) is 17.4 Å². The van der Waals surface area contributed by atoms with Gasteiger partial charge in [0.05, 0.1) is 12.8 Å². The number of carbonyl (C=O) groups is 1. The minimum absolute atomic E-state index is 0.181. The SMILES string of the molecule is COc1ncnc2c1ncn2C=C1C(=O)C2CCN1CC2. The Kier molecular flexibility index (Phi) is 2.66. The van der Waals surface area contributed by atoms with Crippen molar-refractivity contribution in [3.63, 3.8) is 0 Å². The Balaban J connectivity index is 1.81. The van der Waals surface area contributed by atoms with Gasteiger partial charge in [-0.15, -0.1) is 0 Å². The molecule has 3 fully saturated rings. The second-order valence-corrected chi connectivity index (χ2v) is 5.35. The third-order valence-electron chi connectivity index (χ3n) is 4.24. The summed E-state index contributed by atoms with van der Waals surface area (Å²) in [5, 5.41) is 0. The number of piperidine rings is 3. The van der Waals surface area contributed by atoms with E-state index in [1.165, 1.54) is 6.33 Å². The molecule has 5 heterocycles. The molecule has 0 amide bonds. The first-order valence-corrected chi connectivity index (χ1v) is 7.00. The molecule has 2 aromatic heterocycles. The molecule has 5 rings (SSSR count). The average Bonchev–Trinajstić information content (AvgIpc) is 2.94. The fraction of sp³-hybridized carbons (Fsp3) is 0.429. The topological polar surface area (TPSA) is 73.1 Å². The van der Waals surface area contributed by atoms with Crippen LogP contribution in [-0.2, 0) is 4.79 Å². The number of methoxy groups -OCH3 is 1. The largest absolute Gasteiger partial charge is 0.479 e. The van der Waals surface area contributed by atoms with Gasteiger partial charge in [-0.25, -0.2) is 9.97 Å². The van der Waals surface area contributed by atoms with Crippen molar-refractivity contribution in [2.24, 2.45) is 5.92 Å². The maximum atomic E-state index is 12.4. The summed E-state index contributed by atoms with van der Waals surface area (Å²) in [6.07, 6.45) is 6.85. The summed E-state index contributed by atoms with van der Waals surface area (Å²) in [5.41, 5.74) is 2.00. The zero-order valence-corrected chi connectivity index (χ0v) is 11.7. The Morgan fingerprint density at radius 1 is 1.29 bits per heavy atom. The molecule has 3 aliphatic rings. The molecule has 3 aliphatic heterocycles. The van der Waals surface area contributed by atoms with Gasteiger partial charge >= 0.3 is 0 Å². The molecule has 0 atom stereocenters. The van der Waals surface area contributed by atoms with E-state index < -0.39 is 0 Å². The molecule has 2 bridgehead atoms. The van der Waals surface area contributed by atoms with E-state index in [9.17, 15) is 4.79 Å². The molecule has 0 aromatic carbocycles. The number of rotatable bonds is 2. The predicted octanol–water partition coefficient (Wildman–Crippen LogP) is 0.928. The average molecular weight is 285 g/mol. The van der Waals surface area contributed by atoms with Gasteiger partial charge in [-0.1, -0.05) is 0 Å². The summed E-state index contributed by atoms with van der Waals surface area (Å²) in [5.74, 6) is 0.851. The van der Waals surface area contributed by atoms with E-state index in [0.29, 0.717) is 17.0 Å². The maximum absolute atomic E-state index is 12.4. The summed E-state index contributed by atoms with van der Waals surface area (Å²) in [7, 11) is 1.55. The number of ether oxygens (including phenoxy) is 1. The van der Waals surface area contributed by atoms with E-state index in [1.807, 2.05) is 6.20 Å². The number of fused-ring (bicyclic) bond motifs is 4. The molecule has 21 heavy (non-hydrogen) atoms. The Labute approximate surface area is 121 Å². The van der Waals surface area contributed by atoms with Crippen LogP contribution >= 0.6 is 0 Å². The van der Waals surface area contributed by atoms with Crippen molar-refractivity contribution < 1.29 is 9.53 Å². The number of hydrogen-bond donors (Lipinski definition) is 0. The van der Waals surface area contributed by atoms with Crippen LogP contribution in [0.3, 0.4) is 0 Å². The molecule has 7 nitrogen and oxygen atoms in total. The minimum atomic E-state index is 0.181. The lowest BCUT2D eigenvalue weighted by molar-refractivity contribution is -0.125. The number of nitrogens with zero attached hydrogens (tertiary/aromatic N) is 5. The molecule has 0 saturated carbocycles. The second kappa shape index (κ2) is 4.54. The first-order chi connectivity index (χ1) is 10.3. The highest BCUT2D eigenvalue weighted by Gasteiger charge is 2.36. The Morgan fingerprint density at radius 3 is 2.81 bits per heavy atom. The van der Waals surface area contributed by atoms with Crippen molar-refractivity contribution in [3.05, 3.63) is 18.4 Å². The highest BCUT2D eigenvalue weighted by Crippen LogP contribution is 2.32. The summed E-state index contributed by atoms with van der Waals surface area (Å²) >= 11 is 0. The standard InChI is InChI=1S/C14H15N5O2/c1-21-14-11-13(15-7-16-14)19(8-17-11)6-10-12(20)9-2-4-18(10)5-3-9/h6-9H,2-5H2,1H3. The Morgan fingerprint density at radius 2 is 2.10 bits per heavy atom.